The van der Waals surface area contributed by atoms with Gasteiger partial charge in [-0.3, -0.25) is 10.1 Å². The molecule has 0 heterocycles. The maximum absolute atomic E-state index is 11.0. The maximum atomic E-state index is 11.0. The third-order valence-corrected chi connectivity index (χ3v) is 3.40. The summed E-state index contributed by atoms with van der Waals surface area (Å²) in [7, 11) is 0. The van der Waals surface area contributed by atoms with Gasteiger partial charge in [0.05, 0.1) is 10.3 Å². The fourth-order valence-electron chi connectivity index (χ4n) is 2.38. The number of nitrogens with zero attached hydrogens (tertiary/aromatic N) is 1. The smallest absolute Gasteiger partial charge is 0.258 e. The zero-order valence-corrected chi connectivity index (χ0v) is 9.64. The molecular formula is C14H13NO2. The molecule has 2 aromatic rings. The lowest BCUT2D eigenvalue weighted by Crippen LogP contribution is -1.92. The Hall–Kier alpha value is -1.90. The van der Waals surface area contributed by atoms with E-state index in [-0.39, 0.29) is 10.6 Å². The second-order valence-electron chi connectivity index (χ2n) is 4.75. The quantitative estimate of drug-likeness (QED) is 0.576. The minimum Gasteiger partial charge on any atom is -0.258 e. The highest BCUT2D eigenvalue weighted by molar-refractivity contribution is 5.94. The predicted molar refractivity (Wildman–Crippen MR) is 67.3 cm³/mol. The van der Waals surface area contributed by atoms with Gasteiger partial charge in [-0.1, -0.05) is 23.8 Å². The first-order valence-electron chi connectivity index (χ1n) is 5.84. The van der Waals surface area contributed by atoms with E-state index in [1.165, 1.54) is 18.4 Å². The number of nitro benzene ring substituents is 1. The SMILES string of the molecule is Cc1ccc2c([N+](=O)[O-])ccc(C3CC3)c2c1. The van der Waals surface area contributed by atoms with E-state index in [1.807, 2.05) is 25.1 Å². The average molecular weight is 227 g/mol. The van der Waals surface area contributed by atoms with Crippen LogP contribution in [0.1, 0.15) is 29.9 Å². The van der Waals surface area contributed by atoms with Crippen molar-refractivity contribution in [3.63, 3.8) is 0 Å². The van der Waals surface area contributed by atoms with Crippen molar-refractivity contribution < 1.29 is 4.92 Å². The van der Waals surface area contributed by atoms with Crippen LogP contribution in [0.3, 0.4) is 0 Å². The summed E-state index contributed by atoms with van der Waals surface area (Å²) in [4.78, 5) is 10.7. The summed E-state index contributed by atoms with van der Waals surface area (Å²) in [6.07, 6.45) is 2.42. The number of fused-ring (bicyclic) bond motifs is 1. The molecule has 0 amide bonds. The Morgan fingerprint density at radius 1 is 1.18 bits per heavy atom. The average Bonchev–Trinajstić information content (AvgIpc) is 3.11. The molecule has 3 nitrogen and oxygen atoms in total. The van der Waals surface area contributed by atoms with Gasteiger partial charge in [0.1, 0.15) is 0 Å². The highest BCUT2D eigenvalue weighted by atomic mass is 16.6. The van der Waals surface area contributed by atoms with Gasteiger partial charge in [-0.25, -0.2) is 0 Å². The second-order valence-corrected chi connectivity index (χ2v) is 4.75. The van der Waals surface area contributed by atoms with E-state index < -0.39 is 0 Å². The number of hydrogen-bond donors (Lipinski definition) is 0. The minimum atomic E-state index is -0.297. The van der Waals surface area contributed by atoms with Crippen molar-refractivity contribution in [2.75, 3.05) is 0 Å². The number of hydrogen-bond acceptors (Lipinski definition) is 2. The molecule has 0 aliphatic heterocycles. The summed E-state index contributed by atoms with van der Waals surface area (Å²) in [5.41, 5.74) is 2.64. The summed E-state index contributed by atoms with van der Waals surface area (Å²) >= 11 is 0. The Bertz CT molecular complexity index is 615. The van der Waals surface area contributed by atoms with Gasteiger partial charge in [-0.15, -0.1) is 0 Å². The zero-order chi connectivity index (χ0) is 12.0. The number of nitro groups is 1. The molecule has 86 valence electrons. The third kappa shape index (κ3) is 1.68. The molecule has 0 aromatic heterocycles. The molecule has 0 radical (unpaired) electrons. The lowest BCUT2D eigenvalue weighted by atomic mass is 9.98. The van der Waals surface area contributed by atoms with E-state index >= 15 is 0 Å². The van der Waals surface area contributed by atoms with E-state index in [0.29, 0.717) is 5.92 Å². The first kappa shape index (κ1) is 10.3. The first-order valence-corrected chi connectivity index (χ1v) is 5.84. The van der Waals surface area contributed by atoms with Crippen molar-refractivity contribution in [1.29, 1.82) is 0 Å². The van der Waals surface area contributed by atoms with Crippen molar-refractivity contribution in [2.24, 2.45) is 0 Å². The topological polar surface area (TPSA) is 43.1 Å². The number of benzene rings is 2. The van der Waals surface area contributed by atoms with Crippen LogP contribution in [0.25, 0.3) is 10.8 Å². The van der Waals surface area contributed by atoms with Crippen LogP contribution in [-0.2, 0) is 0 Å². The highest BCUT2D eigenvalue weighted by Crippen LogP contribution is 2.44. The van der Waals surface area contributed by atoms with E-state index in [4.69, 9.17) is 0 Å². The van der Waals surface area contributed by atoms with Crippen molar-refractivity contribution in [1.82, 2.24) is 0 Å². The van der Waals surface area contributed by atoms with Crippen LogP contribution in [0, 0.1) is 17.0 Å². The van der Waals surface area contributed by atoms with Gasteiger partial charge in [0.25, 0.3) is 5.69 Å². The number of rotatable bonds is 2. The molecule has 0 N–H and O–H groups in total. The van der Waals surface area contributed by atoms with Crippen LogP contribution in [0.15, 0.2) is 30.3 Å². The molecule has 3 rings (SSSR count). The maximum Gasteiger partial charge on any atom is 0.277 e. The highest BCUT2D eigenvalue weighted by Gasteiger charge is 2.27. The Morgan fingerprint density at radius 3 is 2.59 bits per heavy atom. The largest absolute Gasteiger partial charge is 0.277 e. The lowest BCUT2D eigenvalue weighted by Gasteiger charge is -2.07. The van der Waals surface area contributed by atoms with Gasteiger partial charge >= 0.3 is 0 Å². The summed E-state index contributed by atoms with van der Waals surface area (Å²) in [5, 5.41) is 12.8. The molecule has 17 heavy (non-hydrogen) atoms. The van der Waals surface area contributed by atoms with Crippen molar-refractivity contribution in [2.45, 2.75) is 25.7 Å². The van der Waals surface area contributed by atoms with Crippen LogP contribution in [-0.4, -0.2) is 4.92 Å². The van der Waals surface area contributed by atoms with Crippen LogP contribution in [0.2, 0.25) is 0 Å². The molecule has 2 aromatic carbocycles. The van der Waals surface area contributed by atoms with E-state index in [9.17, 15) is 10.1 Å². The fourth-order valence-corrected chi connectivity index (χ4v) is 2.38. The summed E-state index contributed by atoms with van der Waals surface area (Å²) < 4.78 is 0. The molecule has 0 saturated heterocycles. The number of aryl methyl sites for hydroxylation is 1. The molecule has 1 aliphatic rings. The van der Waals surface area contributed by atoms with Gasteiger partial charge in [0.2, 0.25) is 0 Å². The molecule has 1 saturated carbocycles. The monoisotopic (exact) mass is 227 g/mol. The van der Waals surface area contributed by atoms with Crippen LogP contribution in [0.4, 0.5) is 5.69 Å². The van der Waals surface area contributed by atoms with Crippen molar-refractivity contribution in [3.05, 3.63) is 51.6 Å². The normalized spacial score (nSPS) is 15.1. The Labute approximate surface area is 99.2 Å². The van der Waals surface area contributed by atoms with Crippen molar-refractivity contribution in [3.8, 4) is 0 Å². The lowest BCUT2D eigenvalue weighted by molar-refractivity contribution is -0.383. The predicted octanol–water partition coefficient (Wildman–Crippen LogP) is 3.93. The summed E-state index contributed by atoms with van der Waals surface area (Å²) in [5.74, 6) is 0.611. The molecule has 0 atom stereocenters. The molecule has 1 fully saturated rings. The molecule has 0 unspecified atom stereocenters. The van der Waals surface area contributed by atoms with E-state index in [2.05, 4.69) is 6.07 Å². The Balaban J connectivity index is 2.34. The fraction of sp³-hybridized carbons (Fsp3) is 0.286. The molecule has 0 bridgehead atoms. The molecule has 1 aliphatic carbocycles. The second kappa shape index (κ2) is 3.55. The third-order valence-electron chi connectivity index (χ3n) is 3.40. The summed E-state index contributed by atoms with van der Waals surface area (Å²) in [6.45, 7) is 2.02. The van der Waals surface area contributed by atoms with Crippen molar-refractivity contribution >= 4 is 16.5 Å². The Kier molecular flexibility index (Phi) is 2.15. The van der Waals surface area contributed by atoms with Crippen LogP contribution in [0.5, 0.6) is 0 Å². The molecule has 0 spiro atoms. The molecule has 3 heteroatoms. The zero-order valence-electron chi connectivity index (χ0n) is 9.64. The van der Waals surface area contributed by atoms with Gasteiger partial charge in [0, 0.05) is 6.07 Å². The minimum absolute atomic E-state index is 0.212. The summed E-state index contributed by atoms with van der Waals surface area (Å²) in [6, 6.07) is 9.44. The molecular weight excluding hydrogens is 214 g/mol. The Morgan fingerprint density at radius 2 is 1.94 bits per heavy atom. The van der Waals surface area contributed by atoms with Gasteiger partial charge in [-0.05, 0) is 42.7 Å². The van der Waals surface area contributed by atoms with Gasteiger partial charge in [-0.2, -0.15) is 0 Å². The number of non-ortho nitro benzene ring substituents is 1. The van der Waals surface area contributed by atoms with Crippen LogP contribution >= 0.6 is 0 Å². The first-order chi connectivity index (χ1) is 8.16. The van der Waals surface area contributed by atoms with Crippen LogP contribution < -0.4 is 0 Å². The standard InChI is InChI=1S/C14H13NO2/c1-9-2-5-12-13(8-9)11(10-3-4-10)6-7-14(12)15(16)17/h2,5-8,10H,3-4H2,1H3. The van der Waals surface area contributed by atoms with Gasteiger partial charge in [0.15, 0.2) is 0 Å². The van der Waals surface area contributed by atoms with Gasteiger partial charge < -0.3 is 0 Å². The van der Waals surface area contributed by atoms with E-state index in [1.54, 1.807) is 6.07 Å². The van der Waals surface area contributed by atoms with E-state index in [0.717, 1.165) is 16.3 Å².